The fourth-order valence-electron chi connectivity index (χ4n) is 3.16. The van der Waals surface area contributed by atoms with Gasteiger partial charge in [-0.05, 0) is 55.9 Å². The monoisotopic (exact) mass is 367 g/mol. The molecule has 1 fully saturated rings. The maximum absolute atomic E-state index is 12.6. The number of rotatable bonds is 5. The van der Waals surface area contributed by atoms with Crippen molar-refractivity contribution in [1.82, 2.24) is 4.90 Å². The second-order valence-electron chi connectivity index (χ2n) is 6.91. The number of nitrogens with two attached hydrogens (primary N) is 1. The van der Waals surface area contributed by atoms with Gasteiger partial charge < -0.3 is 16.0 Å². The van der Waals surface area contributed by atoms with E-state index < -0.39 is 6.04 Å². The van der Waals surface area contributed by atoms with Crippen LogP contribution in [0.3, 0.4) is 0 Å². The smallest absolute Gasteiger partial charge is 0.253 e. The molecule has 1 aliphatic heterocycles. The molecule has 0 aliphatic carbocycles. The van der Waals surface area contributed by atoms with Gasteiger partial charge in [0.05, 0.1) is 6.04 Å². The Hall–Kier alpha value is -1.59. The van der Waals surface area contributed by atoms with Crippen LogP contribution in [0.1, 0.15) is 55.5 Å². The molecule has 2 atom stereocenters. The minimum absolute atomic E-state index is 0. The molecule has 25 heavy (non-hydrogen) atoms. The molecule has 6 heteroatoms. The van der Waals surface area contributed by atoms with Crippen molar-refractivity contribution < 1.29 is 9.59 Å². The van der Waals surface area contributed by atoms with E-state index in [4.69, 9.17) is 5.73 Å². The molecule has 2 rings (SSSR count). The Bertz CT molecular complexity index is 606. The predicted octanol–water partition coefficient (Wildman–Crippen LogP) is 3.35. The Labute approximate surface area is 156 Å². The van der Waals surface area contributed by atoms with Crippen molar-refractivity contribution in [2.75, 3.05) is 18.4 Å². The first-order valence-electron chi connectivity index (χ1n) is 8.88. The summed E-state index contributed by atoms with van der Waals surface area (Å²) in [5.41, 5.74) is 8.12. The Balaban J connectivity index is 0.00000312. The zero-order valence-electron chi connectivity index (χ0n) is 15.4. The fourth-order valence-corrected chi connectivity index (χ4v) is 3.16. The van der Waals surface area contributed by atoms with E-state index in [1.54, 1.807) is 12.1 Å². The second-order valence-corrected chi connectivity index (χ2v) is 6.91. The van der Waals surface area contributed by atoms with Crippen molar-refractivity contribution in [2.45, 2.75) is 52.5 Å². The van der Waals surface area contributed by atoms with Gasteiger partial charge in [0, 0.05) is 24.3 Å². The Morgan fingerprint density at radius 1 is 1.40 bits per heavy atom. The summed E-state index contributed by atoms with van der Waals surface area (Å²) < 4.78 is 0. The van der Waals surface area contributed by atoms with Gasteiger partial charge in [0.15, 0.2) is 0 Å². The zero-order valence-corrected chi connectivity index (χ0v) is 16.2. The maximum atomic E-state index is 12.6. The number of piperidine rings is 1. The number of hydrogen-bond donors (Lipinski definition) is 2. The van der Waals surface area contributed by atoms with E-state index in [9.17, 15) is 9.59 Å². The Morgan fingerprint density at radius 3 is 2.72 bits per heavy atom. The van der Waals surface area contributed by atoms with E-state index in [0.29, 0.717) is 17.9 Å². The summed E-state index contributed by atoms with van der Waals surface area (Å²) in [6.07, 6.45) is 3.78. The molecule has 1 aromatic rings. The lowest BCUT2D eigenvalue weighted by Gasteiger charge is -2.31. The highest BCUT2D eigenvalue weighted by Gasteiger charge is 2.22. The highest BCUT2D eigenvalue weighted by molar-refractivity contribution is 5.98. The molecule has 1 aromatic carbocycles. The number of likely N-dealkylation sites (tertiary alicyclic amines) is 1. The van der Waals surface area contributed by atoms with Crippen LogP contribution in [-0.2, 0) is 4.79 Å². The fraction of sp³-hybridized carbons (Fsp3) is 0.579. The van der Waals surface area contributed by atoms with Crippen LogP contribution in [0, 0.1) is 12.8 Å². The van der Waals surface area contributed by atoms with E-state index in [0.717, 1.165) is 37.2 Å². The summed E-state index contributed by atoms with van der Waals surface area (Å²) in [5.74, 6) is 0.455. The van der Waals surface area contributed by atoms with Crippen molar-refractivity contribution in [3.05, 3.63) is 29.3 Å². The molecule has 140 valence electrons. The van der Waals surface area contributed by atoms with Gasteiger partial charge in [-0.2, -0.15) is 0 Å². The van der Waals surface area contributed by atoms with E-state index in [1.165, 1.54) is 6.42 Å². The number of halogens is 1. The van der Waals surface area contributed by atoms with Crippen molar-refractivity contribution >= 4 is 29.9 Å². The van der Waals surface area contributed by atoms with Gasteiger partial charge in [0.2, 0.25) is 5.91 Å². The number of hydrogen-bond acceptors (Lipinski definition) is 3. The van der Waals surface area contributed by atoms with Gasteiger partial charge in [-0.25, -0.2) is 0 Å². The van der Waals surface area contributed by atoms with Crippen LogP contribution in [0.15, 0.2) is 18.2 Å². The first kappa shape index (κ1) is 21.5. The van der Waals surface area contributed by atoms with Crippen LogP contribution in [0.5, 0.6) is 0 Å². The highest BCUT2D eigenvalue weighted by atomic mass is 35.5. The average molecular weight is 368 g/mol. The third-order valence-electron chi connectivity index (χ3n) is 4.61. The predicted molar refractivity (Wildman–Crippen MR) is 104 cm³/mol. The number of nitrogens with zero attached hydrogens (tertiary/aromatic N) is 1. The van der Waals surface area contributed by atoms with Gasteiger partial charge in [0.25, 0.3) is 5.91 Å². The number of nitrogens with one attached hydrogen (secondary N) is 1. The molecule has 0 saturated carbocycles. The van der Waals surface area contributed by atoms with E-state index >= 15 is 0 Å². The van der Waals surface area contributed by atoms with Crippen molar-refractivity contribution in [3.63, 3.8) is 0 Å². The SMILES string of the molecule is CCCC(N)C(=O)Nc1ccc(C(=O)N2CCCC(C)C2)cc1C.Cl. The molecule has 1 heterocycles. The van der Waals surface area contributed by atoms with Crippen LogP contribution in [0.2, 0.25) is 0 Å². The molecule has 3 N–H and O–H groups in total. The molecule has 2 unspecified atom stereocenters. The largest absolute Gasteiger partial charge is 0.338 e. The summed E-state index contributed by atoms with van der Waals surface area (Å²) >= 11 is 0. The molecule has 0 aromatic heterocycles. The molecule has 0 radical (unpaired) electrons. The molecule has 1 saturated heterocycles. The molecule has 1 aliphatic rings. The summed E-state index contributed by atoms with van der Waals surface area (Å²) in [7, 11) is 0. The molecule has 0 spiro atoms. The van der Waals surface area contributed by atoms with Crippen LogP contribution in [0.25, 0.3) is 0 Å². The van der Waals surface area contributed by atoms with Gasteiger partial charge in [-0.15, -0.1) is 12.4 Å². The second kappa shape index (κ2) is 9.78. The third kappa shape index (κ3) is 5.72. The number of amides is 2. The van der Waals surface area contributed by atoms with Crippen LogP contribution < -0.4 is 11.1 Å². The van der Waals surface area contributed by atoms with Gasteiger partial charge >= 0.3 is 0 Å². The first-order chi connectivity index (χ1) is 11.4. The highest BCUT2D eigenvalue weighted by Crippen LogP contribution is 2.21. The maximum Gasteiger partial charge on any atom is 0.253 e. The van der Waals surface area contributed by atoms with Crippen molar-refractivity contribution in [1.29, 1.82) is 0 Å². The Morgan fingerprint density at radius 2 is 2.12 bits per heavy atom. The molecule has 2 amide bonds. The summed E-state index contributed by atoms with van der Waals surface area (Å²) in [6.45, 7) is 7.73. The quantitative estimate of drug-likeness (QED) is 0.837. The summed E-state index contributed by atoms with van der Waals surface area (Å²) in [4.78, 5) is 26.6. The summed E-state index contributed by atoms with van der Waals surface area (Å²) in [6, 6.07) is 4.94. The lowest BCUT2D eigenvalue weighted by Crippen LogP contribution is -2.39. The molecular formula is C19H30ClN3O2. The first-order valence-corrected chi connectivity index (χ1v) is 8.88. The van der Waals surface area contributed by atoms with Crippen LogP contribution in [0.4, 0.5) is 5.69 Å². The average Bonchev–Trinajstić information content (AvgIpc) is 2.56. The van der Waals surface area contributed by atoms with Crippen LogP contribution >= 0.6 is 12.4 Å². The minimum Gasteiger partial charge on any atom is -0.338 e. The number of anilines is 1. The normalized spacial score (nSPS) is 18.2. The lowest BCUT2D eigenvalue weighted by atomic mass is 9.99. The van der Waals surface area contributed by atoms with Crippen molar-refractivity contribution in [2.24, 2.45) is 11.7 Å². The zero-order chi connectivity index (χ0) is 17.7. The molecule has 5 nitrogen and oxygen atoms in total. The number of carbonyl (C=O) groups excluding carboxylic acids is 2. The topological polar surface area (TPSA) is 75.4 Å². The van der Waals surface area contributed by atoms with Gasteiger partial charge in [-0.1, -0.05) is 20.3 Å². The number of benzene rings is 1. The Kier molecular flexibility index (Phi) is 8.39. The van der Waals surface area contributed by atoms with E-state index in [1.807, 2.05) is 24.8 Å². The third-order valence-corrected chi connectivity index (χ3v) is 4.61. The summed E-state index contributed by atoms with van der Waals surface area (Å²) in [5, 5.41) is 2.86. The molecule has 0 bridgehead atoms. The van der Waals surface area contributed by atoms with E-state index in [2.05, 4.69) is 12.2 Å². The van der Waals surface area contributed by atoms with Gasteiger partial charge in [-0.3, -0.25) is 9.59 Å². The van der Waals surface area contributed by atoms with Gasteiger partial charge in [0.1, 0.15) is 0 Å². The standard InChI is InChI=1S/C19H29N3O2.ClH/c1-4-6-16(20)18(23)21-17-9-8-15(11-14(17)3)19(24)22-10-5-7-13(2)12-22;/h8-9,11,13,16H,4-7,10,12,20H2,1-3H3,(H,21,23);1H. The molecular weight excluding hydrogens is 338 g/mol. The number of carbonyl (C=O) groups is 2. The van der Waals surface area contributed by atoms with E-state index in [-0.39, 0.29) is 24.2 Å². The van der Waals surface area contributed by atoms with Crippen molar-refractivity contribution in [3.8, 4) is 0 Å². The lowest BCUT2D eigenvalue weighted by molar-refractivity contribution is -0.117. The van der Waals surface area contributed by atoms with Crippen LogP contribution in [-0.4, -0.2) is 35.8 Å². The minimum atomic E-state index is -0.495. The number of aryl methyl sites for hydroxylation is 1.